The molecule has 4 nitrogen and oxygen atoms in total. The van der Waals surface area contributed by atoms with E-state index >= 15 is 0 Å². The number of carbonyl (C=O) groups is 1. The van der Waals surface area contributed by atoms with Gasteiger partial charge in [0.1, 0.15) is 5.76 Å². The van der Waals surface area contributed by atoms with E-state index in [1.165, 1.54) is 6.26 Å². The second-order valence-corrected chi connectivity index (χ2v) is 3.22. The fraction of sp³-hybridized carbons (Fsp3) is 0.444. The van der Waals surface area contributed by atoms with Gasteiger partial charge in [0.2, 0.25) is 0 Å². The van der Waals surface area contributed by atoms with E-state index in [1.807, 2.05) is 0 Å². The molecule has 1 fully saturated rings. The predicted octanol–water partition coefficient (Wildman–Crippen LogP) is 0.290. The molecular weight excluding hydrogens is 168 g/mol. The number of amides is 1. The van der Waals surface area contributed by atoms with Gasteiger partial charge in [-0.1, -0.05) is 0 Å². The molecule has 0 aliphatic carbocycles. The average molecular weight is 180 g/mol. The first-order valence-electron chi connectivity index (χ1n) is 4.33. The Morgan fingerprint density at radius 1 is 1.69 bits per heavy atom. The van der Waals surface area contributed by atoms with E-state index in [-0.39, 0.29) is 11.9 Å². The summed E-state index contributed by atoms with van der Waals surface area (Å²) in [4.78, 5) is 11.5. The largest absolute Gasteiger partial charge is 0.469 e. The van der Waals surface area contributed by atoms with Gasteiger partial charge in [-0.25, -0.2) is 0 Å². The Hall–Kier alpha value is -1.29. The topological polar surface area (TPSA) is 54.3 Å². The number of aryl methyl sites for hydroxylation is 1. The van der Waals surface area contributed by atoms with Crippen LogP contribution in [0, 0.1) is 6.92 Å². The molecular formula is C9H12N2O2. The highest BCUT2D eigenvalue weighted by Crippen LogP contribution is 2.08. The molecule has 2 heterocycles. The summed E-state index contributed by atoms with van der Waals surface area (Å²) in [5.41, 5.74) is 0.631. The van der Waals surface area contributed by atoms with Gasteiger partial charge < -0.3 is 15.1 Å². The molecule has 2 N–H and O–H groups in total. The van der Waals surface area contributed by atoms with E-state index in [0.717, 1.165) is 13.1 Å². The zero-order chi connectivity index (χ0) is 9.26. The number of hydrogen-bond donors (Lipinski definition) is 2. The molecule has 0 unspecified atom stereocenters. The summed E-state index contributed by atoms with van der Waals surface area (Å²) in [6, 6.07) is 1.97. The number of hydrogen-bond acceptors (Lipinski definition) is 3. The van der Waals surface area contributed by atoms with Crippen LogP contribution in [0.15, 0.2) is 16.7 Å². The van der Waals surface area contributed by atoms with Crippen LogP contribution >= 0.6 is 0 Å². The summed E-state index contributed by atoms with van der Waals surface area (Å²) in [6.45, 7) is 3.51. The van der Waals surface area contributed by atoms with Gasteiger partial charge in [0.15, 0.2) is 0 Å². The number of nitrogens with one attached hydrogen (secondary N) is 2. The third-order valence-electron chi connectivity index (χ3n) is 2.22. The SMILES string of the molecule is Cc1occc1C(=O)NC1CNC1. The van der Waals surface area contributed by atoms with Crippen molar-refractivity contribution in [2.45, 2.75) is 13.0 Å². The molecule has 0 aromatic carbocycles. The molecule has 13 heavy (non-hydrogen) atoms. The molecule has 70 valence electrons. The summed E-state index contributed by atoms with van der Waals surface area (Å²) in [7, 11) is 0. The van der Waals surface area contributed by atoms with Crippen LogP contribution in [0.3, 0.4) is 0 Å². The lowest BCUT2D eigenvalue weighted by Crippen LogP contribution is -2.56. The summed E-state index contributed by atoms with van der Waals surface area (Å²) >= 11 is 0. The van der Waals surface area contributed by atoms with Crippen molar-refractivity contribution in [3.8, 4) is 0 Å². The van der Waals surface area contributed by atoms with Crippen LogP contribution in [-0.4, -0.2) is 25.0 Å². The quantitative estimate of drug-likeness (QED) is 0.687. The Labute approximate surface area is 76.3 Å². The van der Waals surface area contributed by atoms with Crippen LogP contribution < -0.4 is 10.6 Å². The molecule has 1 aromatic rings. The maximum Gasteiger partial charge on any atom is 0.255 e. The zero-order valence-electron chi connectivity index (χ0n) is 7.46. The smallest absolute Gasteiger partial charge is 0.255 e. The number of carbonyl (C=O) groups excluding carboxylic acids is 1. The maximum absolute atomic E-state index is 11.5. The highest BCUT2D eigenvalue weighted by Gasteiger charge is 2.20. The van der Waals surface area contributed by atoms with Crippen LogP contribution in [0.4, 0.5) is 0 Å². The minimum absolute atomic E-state index is 0.0437. The van der Waals surface area contributed by atoms with Crippen molar-refractivity contribution in [2.24, 2.45) is 0 Å². The third-order valence-corrected chi connectivity index (χ3v) is 2.22. The van der Waals surface area contributed by atoms with Crippen molar-refractivity contribution in [2.75, 3.05) is 13.1 Å². The predicted molar refractivity (Wildman–Crippen MR) is 47.6 cm³/mol. The van der Waals surface area contributed by atoms with E-state index in [9.17, 15) is 4.79 Å². The molecule has 1 aromatic heterocycles. The van der Waals surface area contributed by atoms with Crippen LogP contribution in [0.2, 0.25) is 0 Å². The fourth-order valence-corrected chi connectivity index (χ4v) is 1.27. The lowest BCUT2D eigenvalue weighted by atomic mass is 10.1. The molecule has 0 spiro atoms. The van der Waals surface area contributed by atoms with Gasteiger partial charge in [-0.3, -0.25) is 4.79 Å². The van der Waals surface area contributed by atoms with Crippen LogP contribution in [0.5, 0.6) is 0 Å². The van der Waals surface area contributed by atoms with Gasteiger partial charge in [0.25, 0.3) is 5.91 Å². The van der Waals surface area contributed by atoms with E-state index < -0.39 is 0 Å². The van der Waals surface area contributed by atoms with E-state index in [1.54, 1.807) is 13.0 Å². The highest BCUT2D eigenvalue weighted by atomic mass is 16.3. The van der Waals surface area contributed by atoms with Crippen LogP contribution in [0.1, 0.15) is 16.1 Å². The van der Waals surface area contributed by atoms with Gasteiger partial charge in [0.05, 0.1) is 17.9 Å². The molecule has 0 radical (unpaired) electrons. The Balaban J connectivity index is 2.00. The monoisotopic (exact) mass is 180 g/mol. The summed E-state index contributed by atoms with van der Waals surface area (Å²) < 4.78 is 5.04. The second kappa shape index (κ2) is 3.22. The molecule has 1 amide bonds. The van der Waals surface area contributed by atoms with Gasteiger partial charge in [-0.15, -0.1) is 0 Å². The van der Waals surface area contributed by atoms with Crippen molar-refractivity contribution < 1.29 is 9.21 Å². The van der Waals surface area contributed by atoms with E-state index in [4.69, 9.17) is 4.42 Å². The van der Waals surface area contributed by atoms with Crippen molar-refractivity contribution >= 4 is 5.91 Å². The second-order valence-electron chi connectivity index (χ2n) is 3.22. The van der Waals surface area contributed by atoms with Gasteiger partial charge in [0, 0.05) is 13.1 Å². The van der Waals surface area contributed by atoms with E-state index in [0.29, 0.717) is 11.3 Å². The summed E-state index contributed by atoms with van der Waals surface area (Å²) in [5, 5.41) is 5.99. The first kappa shape index (κ1) is 8.31. The first-order chi connectivity index (χ1) is 6.27. The molecule has 0 saturated carbocycles. The van der Waals surface area contributed by atoms with Crippen molar-refractivity contribution in [1.82, 2.24) is 10.6 Å². The Kier molecular flexibility index (Phi) is 2.06. The molecule has 0 bridgehead atoms. The van der Waals surface area contributed by atoms with E-state index in [2.05, 4.69) is 10.6 Å². The van der Waals surface area contributed by atoms with Crippen molar-refractivity contribution in [3.05, 3.63) is 23.7 Å². The normalized spacial score (nSPS) is 16.7. The molecule has 1 saturated heterocycles. The third kappa shape index (κ3) is 1.58. The standard InChI is InChI=1S/C9H12N2O2/c1-6-8(2-3-13-6)9(12)11-7-4-10-5-7/h2-3,7,10H,4-5H2,1H3,(H,11,12). The first-order valence-corrected chi connectivity index (χ1v) is 4.33. The molecule has 0 atom stereocenters. The Bertz CT molecular complexity index is 315. The van der Waals surface area contributed by atoms with Crippen molar-refractivity contribution in [3.63, 3.8) is 0 Å². The molecule has 2 rings (SSSR count). The van der Waals surface area contributed by atoms with Gasteiger partial charge in [-0.05, 0) is 13.0 Å². The summed E-state index contributed by atoms with van der Waals surface area (Å²) in [6.07, 6.45) is 1.53. The maximum atomic E-state index is 11.5. The zero-order valence-corrected chi connectivity index (χ0v) is 7.46. The lowest BCUT2D eigenvalue weighted by Gasteiger charge is -2.27. The van der Waals surface area contributed by atoms with Gasteiger partial charge >= 0.3 is 0 Å². The Morgan fingerprint density at radius 3 is 2.92 bits per heavy atom. The molecule has 1 aliphatic rings. The van der Waals surface area contributed by atoms with Gasteiger partial charge in [-0.2, -0.15) is 0 Å². The average Bonchev–Trinajstić information content (AvgIpc) is 2.43. The van der Waals surface area contributed by atoms with Crippen LogP contribution in [-0.2, 0) is 0 Å². The fourth-order valence-electron chi connectivity index (χ4n) is 1.27. The molecule has 1 aliphatic heterocycles. The summed E-state index contributed by atoms with van der Waals surface area (Å²) in [5.74, 6) is 0.627. The Morgan fingerprint density at radius 2 is 2.46 bits per heavy atom. The van der Waals surface area contributed by atoms with Crippen molar-refractivity contribution in [1.29, 1.82) is 0 Å². The molecule has 4 heteroatoms. The highest BCUT2D eigenvalue weighted by molar-refractivity contribution is 5.95. The lowest BCUT2D eigenvalue weighted by molar-refractivity contribution is 0.0922. The minimum atomic E-state index is -0.0437. The number of rotatable bonds is 2. The van der Waals surface area contributed by atoms with Crippen LogP contribution in [0.25, 0.3) is 0 Å². The minimum Gasteiger partial charge on any atom is -0.469 e. The number of furan rings is 1.